The second-order valence-electron chi connectivity index (χ2n) is 5.06. The van der Waals surface area contributed by atoms with Gasteiger partial charge in [0, 0.05) is 0 Å². The molecule has 0 spiro atoms. The van der Waals surface area contributed by atoms with Crippen molar-refractivity contribution in [2.75, 3.05) is 12.4 Å². The lowest BCUT2D eigenvalue weighted by Gasteiger charge is -2.28. The van der Waals surface area contributed by atoms with Gasteiger partial charge in [-0.05, 0) is 36.9 Å². The van der Waals surface area contributed by atoms with Crippen molar-refractivity contribution in [2.24, 2.45) is 11.8 Å². The van der Waals surface area contributed by atoms with E-state index in [1.807, 2.05) is 0 Å². The zero-order valence-electron chi connectivity index (χ0n) is 10.2. The highest BCUT2D eigenvalue weighted by atomic mass is 32.1. The predicted molar refractivity (Wildman–Crippen MR) is 69.6 cm³/mol. The van der Waals surface area contributed by atoms with E-state index in [1.165, 1.54) is 38.5 Å². The summed E-state index contributed by atoms with van der Waals surface area (Å²) < 4.78 is 6.01. The first-order valence-corrected chi connectivity index (χ1v) is 7.12. The van der Waals surface area contributed by atoms with E-state index in [2.05, 4.69) is 26.5 Å². The first-order chi connectivity index (χ1) is 7.26. The predicted octanol–water partition coefficient (Wildman–Crippen LogP) is 3.93. The third-order valence-electron chi connectivity index (χ3n) is 3.41. The molecule has 1 saturated carbocycles. The van der Waals surface area contributed by atoms with Crippen LogP contribution in [0.15, 0.2) is 0 Å². The van der Waals surface area contributed by atoms with Crippen LogP contribution in [0.5, 0.6) is 0 Å². The fraction of sp³-hybridized carbons (Fsp3) is 1.00. The van der Waals surface area contributed by atoms with Gasteiger partial charge in [-0.25, -0.2) is 0 Å². The Morgan fingerprint density at radius 1 is 1.40 bits per heavy atom. The van der Waals surface area contributed by atoms with Crippen LogP contribution in [0, 0.1) is 11.8 Å². The van der Waals surface area contributed by atoms with Gasteiger partial charge in [-0.15, -0.1) is 0 Å². The standard InChI is InChI=1S/C13H26OS/c1-3-5-12(10-15)9-14-13-7-4-6-11(2)8-13/h11-13,15H,3-10H2,1-2H3. The van der Waals surface area contributed by atoms with Crippen LogP contribution in [0.1, 0.15) is 52.4 Å². The van der Waals surface area contributed by atoms with Crippen LogP contribution in [0.3, 0.4) is 0 Å². The maximum atomic E-state index is 6.01. The molecule has 0 amide bonds. The Labute approximate surface area is 100 Å². The number of rotatable bonds is 6. The van der Waals surface area contributed by atoms with Crippen molar-refractivity contribution in [3.8, 4) is 0 Å². The van der Waals surface area contributed by atoms with Crippen LogP contribution in [-0.2, 0) is 4.74 Å². The summed E-state index contributed by atoms with van der Waals surface area (Å²) in [7, 11) is 0. The van der Waals surface area contributed by atoms with Crippen molar-refractivity contribution >= 4 is 12.6 Å². The Morgan fingerprint density at radius 2 is 2.20 bits per heavy atom. The highest BCUT2D eigenvalue weighted by Gasteiger charge is 2.20. The fourth-order valence-corrected chi connectivity index (χ4v) is 2.73. The smallest absolute Gasteiger partial charge is 0.0577 e. The van der Waals surface area contributed by atoms with Crippen molar-refractivity contribution < 1.29 is 4.74 Å². The summed E-state index contributed by atoms with van der Waals surface area (Å²) in [6, 6.07) is 0. The van der Waals surface area contributed by atoms with E-state index in [0.29, 0.717) is 12.0 Å². The molecule has 0 aromatic heterocycles. The van der Waals surface area contributed by atoms with E-state index in [-0.39, 0.29) is 0 Å². The average Bonchev–Trinajstić information content (AvgIpc) is 2.24. The topological polar surface area (TPSA) is 9.23 Å². The van der Waals surface area contributed by atoms with Crippen molar-refractivity contribution in [1.82, 2.24) is 0 Å². The molecule has 90 valence electrons. The van der Waals surface area contributed by atoms with E-state index >= 15 is 0 Å². The van der Waals surface area contributed by atoms with Gasteiger partial charge in [-0.2, -0.15) is 12.6 Å². The molecule has 0 N–H and O–H groups in total. The number of thiol groups is 1. The van der Waals surface area contributed by atoms with Crippen LogP contribution in [0.25, 0.3) is 0 Å². The van der Waals surface area contributed by atoms with E-state index in [9.17, 15) is 0 Å². The highest BCUT2D eigenvalue weighted by Crippen LogP contribution is 2.26. The molecule has 3 atom stereocenters. The van der Waals surface area contributed by atoms with E-state index < -0.39 is 0 Å². The van der Waals surface area contributed by atoms with Crippen molar-refractivity contribution in [3.05, 3.63) is 0 Å². The van der Waals surface area contributed by atoms with Crippen molar-refractivity contribution in [3.63, 3.8) is 0 Å². The zero-order valence-corrected chi connectivity index (χ0v) is 11.1. The minimum atomic E-state index is 0.535. The van der Waals surface area contributed by atoms with Crippen LogP contribution >= 0.6 is 12.6 Å². The molecule has 0 aromatic rings. The van der Waals surface area contributed by atoms with E-state index in [0.717, 1.165) is 18.3 Å². The molecule has 2 heteroatoms. The molecule has 15 heavy (non-hydrogen) atoms. The molecular formula is C13H26OS. The third kappa shape index (κ3) is 5.26. The molecule has 1 aliphatic rings. The van der Waals surface area contributed by atoms with Crippen LogP contribution in [0.4, 0.5) is 0 Å². The fourth-order valence-electron chi connectivity index (χ4n) is 2.44. The van der Waals surface area contributed by atoms with Gasteiger partial charge in [-0.3, -0.25) is 0 Å². The first-order valence-electron chi connectivity index (χ1n) is 6.48. The SMILES string of the molecule is CCCC(CS)COC1CCCC(C)C1. The highest BCUT2D eigenvalue weighted by molar-refractivity contribution is 7.80. The van der Waals surface area contributed by atoms with Gasteiger partial charge in [0.25, 0.3) is 0 Å². The monoisotopic (exact) mass is 230 g/mol. The van der Waals surface area contributed by atoms with Crippen molar-refractivity contribution in [1.29, 1.82) is 0 Å². The summed E-state index contributed by atoms with van der Waals surface area (Å²) in [4.78, 5) is 0. The van der Waals surface area contributed by atoms with Gasteiger partial charge < -0.3 is 4.74 Å². The second kappa shape index (κ2) is 7.56. The minimum absolute atomic E-state index is 0.535. The quantitative estimate of drug-likeness (QED) is 0.680. The normalized spacial score (nSPS) is 29.0. The lowest BCUT2D eigenvalue weighted by atomic mass is 9.88. The summed E-state index contributed by atoms with van der Waals surface area (Å²) >= 11 is 4.39. The summed E-state index contributed by atoms with van der Waals surface area (Å²) in [5, 5.41) is 0. The molecule has 0 aromatic carbocycles. The van der Waals surface area contributed by atoms with Gasteiger partial charge in [0.1, 0.15) is 0 Å². The van der Waals surface area contributed by atoms with E-state index in [4.69, 9.17) is 4.74 Å². The molecule has 1 aliphatic carbocycles. The van der Waals surface area contributed by atoms with E-state index in [1.54, 1.807) is 0 Å². The molecular weight excluding hydrogens is 204 g/mol. The molecule has 3 unspecified atom stereocenters. The lowest BCUT2D eigenvalue weighted by Crippen LogP contribution is -2.24. The summed E-state index contributed by atoms with van der Waals surface area (Å²) in [5.41, 5.74) is 0. The lowest BCUT2D eigenvalue weighted by molar-refractivity contribution is -0.000863. The Hall–Kier alpha value is 0.310. The molecule has 0 aliphatic heterocycles. The molecule has 0 bridgehead atoms. The number of hydrogen-bond acceptors (Lipinski definition) is 2. The Balaban J connectivity index is 2.16. The van der Waals surface area contributed by atoms with Gasteiger partial charge in [0.05, 0.1) is 12.7 Å². The van der Waals surface area contributed by atoms with Crippen LogP contribution < -0.4 is 0 Å². The molecule has 0 saturated heterocycles. The minimum Gasteiger partial charge on any atom is -0.378 e. The second-order valence-corrected chi connectivity index (χ2v) is 5.43. The Kier molecular flexibility index (Phi) is 6.74. The third-order valence-corrected chi connectivity index (χ3v) is 3.93. The van der Waals surface area contributed by atoms with Crippen molar-refractivity contribution in [2.45, 2.75) is 58.5 Å². The summed E-state index contributed by atoms with van der Waals surface area (Å²) in [5.74, 6) is 2.50. The van der Waals surface area contributed by atoms with Gasteiger partial charge in [0.2, 0.25) is 0 Å². The van der Waals surface area contributed by atoms with Crippen LogP contribution in [-0.4, -0.2) is 18.5 Å². The maximum Gasteiger partial charge on any atom is 0.0577 e. The Bertz CT molecular complexity index is 161. The summed E-state index contributed by atoms with van der Waals surface area (Å²) in [6.07, 6.45) is 8.33. The average molecular weight is 230 g/mol. The maximum absolute atomic E-state index is 6.01. The first kappa shape index (κ1) is 13.4. The zero-order chi connectivity index (χ0) is 11.1. The molecule has 0 radical (unpaired) electrons. The molecule has 1 fully saturated rings. The molecule has 1 nitrogen and oxygen atoms in total. The Morgan fingerprint density at radius 3 is 2.80 bits per heavy atom. The van der Waals surface area contributed by atoms with Gasteiger partial charge in [-0.1, -0.05) is 33.1 Å². The van der Waals surface area contributed by atoms with Gasteiger partial charge >= 0.3 is 0 Å². The van der Waals surface area contributed by atoms with Gasteiger partial charge in [0.15, 0.2) is 0 Å². The van der Waals surface area contributed by atoms with Crippen LogP contribution in [0.2, 0.25) is 0 Å². The number of hydrogen-bond donors (Lipinski definition) is 1. The summed E-state index contributed by atoms with van der Waals surface area (Å²) in [6.45, 7) is 5.51. The molecule has 1 rings (SSSR count). The molecule has 0 heterocycles. The largest absolute Gasteiger partial charge is 0.378 e. The number of ether oxygens (including phenoxy) is 1.